The Kier molecular flexibility index (Phi) is 4.15. The minimum Gasteiger partial charge on any atom is -0.309 e. The summed E-state index contributed by atoms with van der Waals surface area (Å²) in [5, 5.41) is 3.55. The minimum absolute atomic E-state index is 0.0972. The van der Waals surface area contributed by atoms with Gasteiger partial charge < -0.3 is 5.32 Å². The monoisotopic (exact) mass is 246 g/mol. The molecule has 1 fully saturated rings. The van der Waals surface area contributed by atoms with Gasteiger partial charge in [-0.05, 0) is 32.9 Å². The maximum Gasteiger partial charge on any atom is 0.146 e. The van der Waals surface area contributed by atoms with E-state index in [-0.39, 0.29) is 11.8 Å². The SMILES string of the molecule is CC(=O)[C@@H]1C[C@@H](NCc2cccc(C)c2)CN1C. The van der Waals surface area contributed by atoms with Crippen LogP contribution in [0.15, 0.2) is 24.3 Å². The third kappa shape index (κ3) is 3.18. The Balaban J connectivity index is 1.87. The highest BCUT2D eigenvalue weighted by Gasteiger charge is 2.31. The van der Waals surface area contributed by atoms with Crippen LogP contribution in [0.1, 0.15) is 24.5 Å². The molecule has 0 radical (unpaired) electrons. The van der Waals surface area contributed by atoms with Gasteiger partial charge in [0.1, 0.15) is 5.78 Å². The van der Waals surface area contributed by atoms with Crippen LogP contribution in [-0.4, -0.2) is 36.4 Å². The van der Waals surface area contributed by atoms with Crippen LogP contribution in [0.3, 0.4) is 0 Å². The quantitative estimate of drug-likeness (QED) is 0.878. The summed E-state index contributed by atoms with van der Waals surface area (Å²) in [5.74, 6) is 0.275. The molecule has 0 spiro atoms. The van der Waals surface area contributed by atoms with Crippen molar-refractivity contribution in [3.63, 3.8) is 0 Å². The van der Waals surface area contributed by atoms with Crippen LogP contribution in [0.25, 0.3) is 0 Å². The molecule has 1 aliphatic heterocycles. The van der Waals surface area contributed by atoms with Crippen LogP contribution in [0, 0.1) is 6.92 Å². The van der Waals surface area contributed by atoms with Crippen LogP contribution in [0.5, 0.6) is 0 Å². The van der Waals surface area contributed by atoms with E-state index in [0.717, 1.165) is 19.5 Å². The molecule has 3 heteroatoms. The Morgan fingerprint density at radius 2 is 2.28 bits per heavy atom. The summed E-state index contributed by atoms with van der Waals surface area (Å²) in [4.78, 5) is 13.6. The molecule has 3 nitrogen and oxygen atoms in total. The number of aryl methyl sites for hydroxylation is 1. The average molecular weight is 246 g/mol. The number of likely N-dealkylation sites (N-methyl/N-ethyl adjacent to an activating group) is 1. The van der Waals surface area contributed by atoms with Crippen LogP contribution in [0.2, 0.25) is 0 Å². The minimum atomic E-state index is 0.0972. The van der Waals surface area contributed by atoms with E-state index >= 15 is 0 Å². The van der Waals surface area contributed by atoms with E-state index in [9.17, 15) is 4.79 Å². The lowest BCUT2D eigenvalue weighted by Crippen LogP contribution is -2.32. The molecular weight excluding hydrogens is 224 g/mol. The molecule has 0 amide bonds. The lowest BCUT2D eigenvalue weighted by Gasteiger charge is -2.14. The van der Waals surface area contributed by atoms with Crippen molar-refractivity contribution in [2.75, 3.05) is 13.6 Å². The molecule has 1 aliphatic rings. The number of hydrogen-bond acceptors (Lipinski definition) is 3. The second-order valence-electron chi connectivity index (χ2n) is 5.37. The molecule has 0 bridgehead atoms. The van der Waals surface area contributed by atoms with Gasteiger partial charge in [-0.1, -0.05) is 29.8 Å². The van der Waals surface area contributed by atoms with E-state index in [1.165, 1.54) is 11.1 Å². The fraction of sp³-hybridized carbons (Fsp3) is 0.533. The zero-order valence-electron chi connectivity index (χ0n) is 11.4. The van der Waals surface area contributed by atoms with Gasteiger partial charge in [-0.15, -0.1) is 0 Å². The molecule has 1 saturated heterocycles. The van der Waals surface area contributed by atoms with Crippen molar-refractivity contribution >= 4 is 5.78 Å². The fourth-order valence-electron chi connectivity index (χ4n) is 2.71. The molecule has 1 N–H and O–H groups in total. The normalized spacial score (nSPS) is 24.4. The second kappa shape index (κ2) is 5.63. The molecule has 0 unspecified atom stereocenters. The van der Waals surface area contributed by atoms with Gasteiger partial charge in [0, 0.05) is 19.1 Å². The van der Waals surface area contributed by atoms with Crippen molar-refractivity contribution in [2.45, 2.75) is 38.9 Å². The van der Waals surface area contributed by atoms with Crippen molar-refractivity contribution in [1.29, 1.82) is 0 Å². The van der Waals surface area contributed by atoms with E-state index in [4.69, 9.17) is 0 Å². The van der Waals surface area contributed by atoms with Gasteiger partial charge in [0.15, 0.2) is 0 Å². The number of rotatable bonds is 4. The number of likely N-dealkylation sites (tertiary alicyclic amines) is 1. The standard InChI is InChI=1S/C15H22N2O/c1-11-5-4-6-13(7-11)9-16-14-8-15(12(2)18)17(3)10-14/h4-7,14-16H,8-10H2,1-3H3/t14-,15+/m1/s1. The summed E-state index contributed by atoms with van der Waals surface area (Å²) in [7, 11) is 2.03. The van der Waals surface area contributed by atoms with Gasteiger partial charge >= 0.3 is 0 Å². The van der Waals surface area contributed by atoms with Crippen molar-refractivity contribution in [3.8, 4) is 0 Å². The van der Waals surface area contributed by atoms with Gasteiger partial charge in [0.25, 0.3) is 0 Å². The van der Waals surface area contributed by atoms with Crippen LogP contribution < -0.4 is 5.32 Å². The van der Waals surface area contributed by atoms with Gasteiger partial charge in [0.05, 0.1) is 6.04 Å². The zero-order valence-corrected chi connectivity index (χ0v) is 11.4. The number of Topliss-reactive ketones (excluding diaryl/α,β-unsaturated/α-hetero) is 1. The lowest BCUT2D eigenvalue weighted by atomic mass is 10.1. The highest BCUT2D eigenvalue weighted by molar-refractivity contribution is 5.81. The predicted molar refractivity (Wildman–Crippen MR) is 73.5 cm³/mol. The topological polar surface area (TPSA) is 32.3 Å². The highest BCUT2D eigenvalue weighted by atomic mass is 16.1. The Morgan fingerprint density at radius 3 is 2.89 bits per heavy atom. The number of carbonyl (C=O) groups is 1. The Hall–Kier alpha value is -1.19. The first kappa shape index (κ1) is 13.2. The predicted octanol–water partition coefficient (Wildman–Crippen LogP) is 1.75. The third-order valence-electron chi connectivity index (χ3n) is 3.69. The maximum atomic E-state index is 11.5. The number of nitrogens with zero attached hydrogens (tertiary/aromatic N) is 1. The summed E-state index contributed by atoms with van der Waals surface area (Å²) in [5.41, 5.74) is 2.60. The fourth-order valence-corrected chi connectivity index (χ4v) is 2.71. The molecular formula is C15H22N2O. The van der Waals surface area contributed by atoms with Crippen LogP contribution >= 0.6 is 0 Å². The number of hydrogen-bond donors (Lipinski definition) is 1. The summed E-state index contributed by atoms with van der Waals surface area (Å²) in [6, 6.07) is 9.06. The van der Waals surface area contributed by atoms with E-state index in [1.54, 1.807) is 6.92 Å². The van der Waals surface area contributed by atoms with E-state index in [2.05, 4.69) is 41.4 Å². The summed E-state index contributed by atoms with van der Waals surface area (Å²) in [6.07, 6.45) is 0.928. The molecule has 2 atom stereocenters. The van der Waals surface area contributed by atoms with Crippen molar-refractivity contribution < 1.29 is 4.79 Å². The first-order valence-corrected chi connectivity index (χ1v) is 6.56. The Labute approximate surface area is 109 Å². The molecule has 0 aromatic heterocycles. The van der Waals surface area contributed by atoms with Crippen molar-refractivity contribution in [2.24, 2.45) is 0 Å². The molecule has 0 saturated carbocycles. The molecule has 1 heterocycles. The molecule has 18 heavy (non-hydrogen) atoms. The summed E-state index contributed by atoms with van der Waals surface area (Å²) < 4.78 is 0. The molecule has 2 rings (SSSR count). The van der Waals surface area contributed by atoms with E-state index in [1.807, 2.05) is 7.05 Å². The smallest absolute Gasteiger partial charge is 0.146 e. The maximum absolute atomic E-state index is 11.5. The van der Waals surface area contributed by atoms with E-state index < -0.39 is 0 Å². The number of ketones is 1. The highest BCUT2D eigenvalue weighted by Crippen LogP contribution is 2.17. The van der Waals surface area contributed by atoms with Gasteiger partial charge in [0.2, 0.25) is 0 Å². The molecule has 98 valence electrons. The lowest BCUT2D eigenvalue weighted by molar-refractivity contribution is -0.120. The van der Waals surface area contributed by atoms with Crippen LogP contribution in [0.4, 0.5) is 0 Å². The van der Waals surface area contributed by atoms with Crippen molar-refractivity contribution in [3.05, 3.63) is 35.4 Å². The third-order valence-corrected chi connectivity index (χ3v) is 3.69. The van der Waals surface area contributed by atoms with Gasteiger partial charge in [-0.3, -0.25) is 9.69 Å². The van der Waals surface area contributed by atoms with Crippen molar-refractivity contribution in [1.82, 2.24) is 10.2 Å². The van der Waals surface area contributed by atoms with E-state index in [0.29, 0.717) is 6.04 Å². The van der Waals surface area contributed by atoms with Crippen LogP contribution in [-0.2, 0) is 11.3 Å². The largest absolute Gasteiger partial charge is 0.309 e. The first-order valence-electron chi connectivity index (χ1n) is 6.56. The number of benzene rings is 1. The average Bonchev–Trinajstić information content (AvgIpc) is 2.68. The number of carbonyl (C=O) groups excluding carboxylic acids is 1. The summed E-state index contributed by atoms with van der Waals surface area (Å²) >= 11 is 0. The first-order chi connectivity index (χ1) is 8.56. The molecule has 0 aliphatic carbocycles. The van der Waals surface area contributed by atoms with Gasteiger partial charge in [-0.2, -0.15) is 0 Å². The summed E-state index contributed by atoms with van der Waals surface area (Å²) in [6.45, 7) is 5.63. The number of nitrogens with one attached hydrogen (secondary N) is 1. The Bertz CT molecular complexity index is 430. The Morgan fingerprint density at radius 1 is 1.50 bits per heavy atom. The zero-order chi connectivity index (χ0) is 13.1. The molecule has 1 aromatic rings. The molecule has 1 aromatic carbocycles. The van der Waals surface area contributed by atoms with Gasteiger partial charge in [-0.25, -0.2) is 0 Å². The second-order valence-corrected chi connectivity index (χ2v) is 5.37.